The summed E-state index contributed by atoms with van der Waals surface area (Å²) in [5.74, 6) is -0.0172. The van der Waals surface area contributed by atoms with Crippen molar-refractivity contribution >= 4 is 39.9 Å². The number of carbonyl (C=O) groups is 2. The summed E-state index contributed by atoms with van der Waals surface area (Å²) >= 11 is 0. The molecule has 4 heterocycles. The number of hydrogen-bond donors (Lipinski definition) is 0. The molecular formula is C25H13N3O3. The number of amidine groups is 1. The number of ether oxygens (including phenoxy) is 1. The zero-order valence-corrected chi connectivity index (χ0v) is 16.1. The lowest BCUT2D eigenvalue weighted by molar-refractivity contribution is -0.136. The summed E-state index contributed by atoms with van der Waals surface area (Å²) in [6, 6.07) is 22.3. The molecule has 0 radical (unpaired) electrons. The van der Waals surface area contributed by atoms with Gasteiger partial charge in [0.15, 0.2) is 11.6 Å². The number of rotatable bonds is 0. The van der Waals surface area contributed by atoms with E-state index in [0.29, 0.717) is 39.3 Å². The van der Waals surface area contributed by atoms with E-state index in [1.807, 2.05) is 66.7 Å². The van der Waals surface area contributed by atoms with E-state index in [0.717, 1.165) is 5.39 Å². The summed E-state index contributed by atoms with van der Waals surface area (Å²) in [6.07, 6.45) is 1.68. The second-order valence-electron chi connectivity index (χ2n) is 7.75. The van der Waals surface area contributed by atoms with Crippen LogP contribution in [0.1, 0.15) is 21.5 Å². The van der Waals surface area contributed by atoms with Crippen LogP contribution in [-0.2, 0) is 10.3 Å². The number of ketones is 1. The minimum absolute atomic E-state index is 0.204. The summed E-state index contributed by atoms with van der Waals surface area (Å²) in [6.45, 7) is 0. The number of esters is 1. The second kappa shape index (κ2) is 5.43. The van der Waals surface area contributed by atoms with Gasteiger partial charge in [-0.3, -0.25) is 14.7 Å². The Balaban J connectivity index is 1.65. The molecule has 3 aliphatic heterocycles. The highest BCUT2D eigenvalue weighted by Gasteiger charge is 2.62. The zero-order chi connectivity index (χ0) is 20.7. The molecule has 0 fully saturated rings. The predicted octanol–water partition coefficient (Wildman–Crippen LogP) is 4.14. The average molecular weight is 403 g/mol. The number of hydrogen-bond acceptors (Lipinski definition) is 6. The molecule has 0 amide bonds. The van der Waals surface area contributed by atoms with Gasteiger partial charge >= 0.3 is 5.97 Å². The van der Waals surface area contributed by atoms with E-state index in [9.17, 15) is 9.59 Å². The maximum absolute atomic E-state index is 13.8. The van der Waals surface area contributed by atoms with E-state index < -0.39 is 11.5 Å². The average Bonchev–Trinajstić information content (AvgIpc) is 3.27. The molecule has 0 N–H and O–H groups in total. The van der Waals surface area contributed by atoms with Gasteiger partial charge in [-0.1, -0.05) is 48.5 Å². The quantitative estimate of drug-likeness (QED) is 0.326. The first kappa shape index (κ1) is 16.5. The fourth-order valence-corrected chi connectivity index (χ4v) is 5.00. The number of pyridine rings is 1. The van der Waals surface area contributed by atoms with Crippen LogP contribution in [0.3, 0.4) is 0 Å². The SMILES string of the molecule is O=C1C2=Nc3ccccc3C3(C(=O)Oc4c3ccc3cccnc43)N2c2ccccc21. The Bertz CT molecular complexity index is 1520. The minimum atomic E-state index is -1.35. The topological polar surface area (TPSA) is 71.9 Å². The van der Waals surface area contributed by atoms with E-state index >= 15 is 0 Å². The number of anilines is 1. The zero-order valence-electron chi connectivity index (χ0n) is 16.1. The van der Waals surface area contributed by atoms with Crippen LogP contribution >= 0.6 is 0 Å². The Kier molecular flexibility index (Phi) is 2.88. The van der Waals surface area contributed by atoms with Gasteiger partial charge in [-0.15, -0.1) is 0 Å². The van der Waals surface area contributed by atoms with Gasteiger partial charge in [0.1, 0.15) is 5.52 Å². The summed E-state index contributed by atoms with van der Waals surface area (Å²) < 4.78 is 5.92. The number of aromatic nitrogens is 1. The molecule has 7 rings (SSSR count). The fraction of sp³-hybridized carbons (Fsp3) is 0.0400. The van der Waals surface area contributed by atoms with Crippen molar-refractivity contribution in [1.29, 1.82) is 0 Å². The van der Waals surface area contributed by atoms with Crippen LogP contribution in [-0.4, -0.2) is 22.6 Å². The molecule has 3 aliphatic rings. The van der Waals surface area contributed by atoms with Crippen molar-refractivity contribution in [3.05, 3.63) is 95.7 Å². The molecular weight excluding hydrogens is 390 g/mol. The van der Waals surface area contributed by atoms with Crippen LogP contribution < -0.4 is 9.64 Å². The van der Waals surface area contributed by atoms with Crippen molar-refractivity contribution in [2.75, 3.05) is 4.90 Å². The Labute approximate surface area is 176 Å². The molecule has 4 aromatic rings. The number of Topliss-reactive ketones (excluding diaryl/α,β-unsaturated/α-hetero) is 1. The first-order valence-corrected chi connectivity index (χ1v) is 9.94. The van der Waals surface area contributed by atoms with Crippen LogP contribution in [0.4, 0.5) is 11.4 Å². The Morgan fingerprint density at radius 2 is 1.68 bits per heavy atom. The summed E-state index contributed by atoms with van der Waals surface area (Å²) in [5.41, 5.74) is 2.36. The highest BCUT2D eigenvalue weighted by atomic mass is 16.5. The smallest absolute Gasteiger partial charge is 0.347 e. The van der Waals surface area contributed by atoms with Gasteiger partial charge in [-0.25, -0.2) is 9.79 Å². The molecule has 0 saturated carbocycles. The number of nitrogens with zero attached hydrogens (tertiary/aromatic N) is 3. The molecule has 0 bridgehead atoms. The van der Waals surface area contributed by atoms with E-state index in [1.54, 1.807) is 17.2 Å². The van der Waals surface area contributed by atoms with Gasteiger partial charge in [-0.05, 0) is 24.3 Å². The van der Waals surface area contributed by atoms with Gasteiger partial charge in [0.2, 0.25) is 11.3 Å². The van der Waals surface area contributed by atoms with Crippen LogP contribution in [0.25, 0.3) is 10.9 Å². The largest absolute Gasteiger partial charge is 0.421 e. The third-order valence-corrected chi connectivity index (χ3v) is 6.27. The highest BCUT2D eigenvalue weighted by molar-refractivity contribution is 6.56. The van der Waals surface area contributed by atoms with E-state index in [4.69, 9.17) is 4.74 Å². The van der Waals surface area contributed by atoms with Crippen LogP contribution in [0.5, 0.6) is 5.75 Å². The monoisotopic (exact) mass is 403 g/mol. The van der Waals surface area contributed by atoms with Crippen LogP contribution in [0, 0.1) is 0 Å². The van der Waals surface area contributed by atoms with Crippen molar-refractivity contribution in [1.82, 2.24) is 4.98 Å². The normalized spacial score (nSPS) is 20.3. The summed E-state index contributed by atoms with van der Waals surface area (Å²) in [7, 11) is 0. The maximum atomic E-state index is 13.8. The molecule has 0 saturated heterocycles. The van der Waals surface area contributed by atoms with E-state index in [1.165, 1.54) is 0 Å². The standard InChI is InChI=1S/C25H13N3O3/c29-21-15-7-1-4-10-19(15)28-23(21)27-18-9-3-2-8-16(18)25(28)17-12-11-14-6-5-13-26-20(14)22(17)31-24(25)30/h1-13H. The van der Waals surface area contributed by atoms with E-state index in [2.05, 4.69) is 9.98 Å². The van der Waals surface area contributed by atoms with Crippen LogP contribution in [0.2, 0.25) is 0 Å². The number of aliphatic imine (C=N–C) groups is 1. The third-order valence-electron chi connectivity index (χ3n) is 6.27. The summed E-state index contributed by atoms with van der Waals surface area (Å²) in [4.78, 5) is 38.0. The number of para-hydroxylation sites is 2. The lowest BCUT2D eigenvalue weighted by Crippen LogP contribution is -2.55. The molecule has 1 atom stereocenters. The number of fused-ring (bicyclic) bond motifs is 10. The highest BCUT2D eigenvalue weighted by Crippen LogP contribution is 2.56. The van der Waals surface area contributed by atoms with Gasteiger partial charge in [0, 0.05) is 28.3 Å². The molecule has 6 nitrogen and oxygen atoms in total. The number of benzene rings is 3. The first-order valence-electron chi connectivity index (χ1n) is 9.94. The van der Waals surface area contributed by atoms with Crippen molar-refractivity contribution in [3.8, 4) is 5.75 Å². The van der Waals surface area contributed by atoms with Crippen molar-refractivity contribution in [2.45, 2.75) is 5.54 Å². The molecule has 6 heteroatoms. The van der Waals surface area contributed by atoms with Crippen molar-refractivity contribution in [2.24, 2.45) is 4.99 Å². The van der Waals surface area contributed by atoms with Gasteiger partial charge in [0.25, 0.3) is 0 Å². The molecule has 146 valence electrons. The predicted molar refractivity (Wildman–Crippen MR) is 115 cm³/mol. The summed E-state index contributed by atoms with van der Waals surface area (Å²) in [5, 5.41) is 0.877. The maximum Gasteiger partial charge on any atom is 0.347 e. The lowest BCUT2D eigenvalue weighted by Gasteiger charge is -2.40. The second-order valence-corrected chi connectivity index (χ2v) is 7.75. The lowest BCUT2D eigenvalue weighted by atomic mass is 9.79. The van der Waals surface area contributed by atoms with Gasteiger partial charge in [-0.2, -0.15) is 0 Å². The third kappa shape index (κ3) is 1.79. The molecule has 1 unspecified atom stereocenters. The number of carbonyl (C=O) groups excluding carboxylic acids is 2. The Hall–Kier alpha value is -4.32. The Morgan fingerprint density at radius 3 is 2.61 bits per heavy atom. The Morgan fingerprint density at radius 1 is 0.839 bits per heavy atom. The van der Waals surface area contributed by atoms with Crippen molar-refractivity contribution in [3.63, 3.8) is 0 Å². The molecule has 0 aliphatic carbocycles. The molecule has 3 aromatic carbocycles. The fourth-order valence-electron chi connectivity index (χ4n) is 5.00. The molecule has 31 heavy (non-hydrogen) atoms. The van der Waals surface area contributed by atoms with E-state index in [-0.39, 0.29) is 11.6 Å². The molecule has 1 spiro atoms. The molecule has 1 aromatic heterocycles. The van der Waals surface area contributed by atoms with Crippen molar-refractivity contribution < 1.29 is 14.3 Å². The van der Waals surface area contributed by atoms with Gasteiger partial charge < -0.3 is 4.74 Å². The first-order chi connectivity index (χ1) is 15.2. The van der Waals surface area contributed by atoms with Crippen LogP contribution in [0.15, 0.2) is 84.0 Å². The minimum Gasteiger partial charge on any atom is -0.421 e. The van der Waals surface area contributed by atoms with Gasteiger partial charge in [0.05, 0.1) is 11.4 Å².